The third kappa shape index (κ3) is 6.41. The summed E-state index contributed by atoms with van der Waals surface area (Å²) in [5.74, 6) is 0.590. The molecule has 0 heterocycles. The number of allylic oxidation sites excluding steroid dienone is 1. The van der Waals surface area contributed by atoms with Crippen LogP contribution in [-0.4, -0.2) is 10.7 Å². The first-order chi connectivity index (χ1) is 5.33. The first-order valence-corrected chi connectivity index (χ1v) is 4.70. The Kier molecular flexibility index (Phi) is 4.54. The molecule has 1 unspecified atom stereocenters. The summed E-state index contributed by atoms with van der Waals surface area (Å²) in [7, 11) is 0. The van der Waals surface area contributed by atoms with Crippen LogP contribution in [0.5, 0.6) is 0 Å². The molecule has 1 nitrogen and oxygen atoms in total. The van der Waals surface area contributed by atoms with Crippen molar-refractivity contribution in [2.75, 3.05) is 0 Å². The van der Waals surface area contributed by atoms with Gasteiger partial charge in [-0.3, -0.25) is 0 Å². The molecule has 0 saturated carbocycles. The van der Waals surface area contributed by atoms with Gasteiger partial charge in [0.05, 0.1) is 5.60 Å². The average Bonchev–Trinajstić information content (AvgIpc) is 1.84. The molecule has 0 spiro atoms. The van der Waals surface area contributed by atoms with E-state index in [1.54, 1.807) is 0 Å². The Morgan fingerprint density at radius 1 is 1.50 bits per heavy atom. The molecule has 0 saturated heterocycles. The van der Waals surface area contributed by atoms with Gasteiger partial charge in [-0.05, 0) is 39.5 Å². The molecule has 0 fully saturated rings. The zero-order valence-electron chi connectivity index (χ0n) is 8.85. The highest BCUT2D eigenvalue weighted by atomic mass is 16.3. The minimum absolute atomic E-state index is 0.505. The van der Waals surface area contributed by atoms with Gasteiger partial charge in [-0.25, -0.2) is 0 Å². The maximum atomic E-state index is 9.45. The largest absolute Gasteiger partial charge is 0.390 e. The Bertz CT molecular complexity index is 142. The summed E-state index contributed by atoms with van der Waals surface area (Å²) in [6, 6.07) is 0. The Labute approximate surface area is 76.5 Å². The molecular weight excluding hydrogens is 148 g/mol. The highest BCUT2D eigenvalue weighted by Crippen LogP contribution is 2.19. The molecule has 1 N–H and O–H groups in total. The van der Waals surface area contributed by atoms with Crippen molar-refractivity contribution in [3.05, 3.63) is 12.2 Å². The predicted octanol–water partition coefficient (Wildman–Crippen LogP) is 3.14. The van der Waals surface area contributed by atoms with Crippen LogP contribution in [0.25, 0.3) is 0 Å². The molecule has 0 radical (unpaired) electrons. The van der Waals surface area contributed by atoms with Crippen molar-refractivity contribution < 1.29 is 5.11 Å². The normalized spacial score (nSPS) is 14.4. The zero-order valence-corrected chi connectivity index (χ0v) is 8.85. The SMILES string of the molecule is C=C(C)C(C)CCCC(C)(C)O. The molecule has 0 bridgehead atoms. The maximum absolute atomic E-state index is 9.45. The van der Waals surface area contributed by atoms with Crippen LogP contribution in [0.4, 0.5) is 0 Å². The number of rotatable bonds is 5. The molecular formula is C11H22O. The lowest BCUT2D eigenvalue weighted by Gasteiger charge is -2.18. The van der Waals surface area contributed by atoms with Gasteiger partial charge in [-0.1, -0.05) is 25.5 Å². The molecule has 12 heavy (non-hydrogen) atoms. The Balaban J connectivity index is 3.51. The van der Waals surface area contributed by atoms with Gasteiger partial charge >= 0.3 is 0 Å². The summed E-state index contributed by atoms with van der Waals surface area (Å²) in [4.78, 5) is 0. The van der Waals surface area contributed by atoms with E-state index < -0.39 is 5.60 Å². The summed E-state index contributed by atoms with van der Waals surface area (Å²) in [5, 5.41) is 9.45. The maximum Gasteiger partial charge on any atom is 0.0591 e. The second-order valence-electron chi connectivity index (χ2n) is 4.45. The van der Waals surface area contributed by atoms with Gasteiger partial charge in [0.2, 0.25) is 0 Å². The first kappa shape index (κ1) is 11.7. The van der Waals surface area contributed by atoms with Crippen molar-refractivity contribution in [2.24, 2.45) is 5.92 Å². The summed E-state index contributed by atoms with van der Waals surface area (Å²) >= 11 is 0. The van der Waals surface area contributed by atoms with E-state index in [1.807, 2.05) is 13.8 Å². The number of aliphatic hydroxyl groups is 1. The molecule has 72 valence electrons. The van der Waals surface area contributed by atoms with Gasteiger partial charge in [0.25, 0.3) is 0 Å². The highest BCUT2D eigenvalue weighted by Gasteiger charge is 2.12. The van der Waals surface area contributed by atoms with Crippen LogP contribution in [0, 0.1) is 5.92 Å². The molecule has 0 aromatic rings. The van der Waals surface area contributed by atoms with Crippen LogP contribution < -0.4 is 0 Å². The average molecular weight is 170 g/mol. The van der Waals surface area contributed by atoms with Gasteiger partial charge in [0.15, 0.2) is 0 Å². The van der Waals surface area contributed by atoms with Crippen molar-refractivity contribution >= 4 is 0 Å². The molecule has 0 aromatic heterocycles. The van der Waals surface area contributed by atoms with E-state index in [0.717, 1.165) is 19.3 Å². The van der Waals surface area contributed by atoms with Crippen molar-refractivity contribution in [2.45, 2.75) is 52.6 Å². The van der Waals surface area contributed by atoms with E-state index in [4.69, 9.17) is 0 Å². The number of hydrogen-bond donors (Lipinski definition) is 1. The molecule has 0 amide bonds. The fourth-order valence-corrected chi connectivity index (χ4v) is 1.09. The second kappa shape index (κ2) is 4.66. The van der Waals surface area contributed by atoms with E-state index in [2.05, 4.69) is 20.4 Å². The molecule has 0 aromatic carbocycles. The lowest BCUT2D eigenvalue weighted by atomic mass is 9.94. The molecule has 1 atom stereocenters. The van der Waals surface area contributed by atoms with E-state index in [0.29, 0.717) is 5.92 Å². The lowest BCUT2D eigenvalue weighted by Crippen LogP contribution is -2.18. The Morgan fingerprint density at radius 2 is 2.00 bits per heavy atom. The second-order valence-corrected chi connectivity index (χ2v) is 4.45. The van der Waals surface area contributed by atoms with Gasteiger partial charge in [0, 0.05) is 0 Å². The van der Waals surface area contributed by atoms with Gasteiger partial charge in [0.1, 0.15) is 0 Å². The van der Waals surface area contributed by atoms with Crippen molar-refractivity contribution in [3.63, 3.8) is 0 Å². The van der Waals surface area contributed by atoms with Gasteiger partial charge < -0.3 is 5.11 Å². The van der Waals surface area contributed by atoms with E-state index in [1.165, 1.54) is 5.57 Å². The van der Waals surface area contributed by atoms with Gasteiger partial charge in [-0.2, -0.15) is 0 Å². The topological polar surface area (TPSA) is 20.2 Å². The van der Waals surface area contributed by atoms with Crippen LogP contribution in [0.3, 0.4) is 0 Å². The summed E-state index contributed by atoms with van der Waals surface area (Å²) < 4.78 is 0. The van der Waals surface area contributed by atoms with E-state index >= 15 is 0 Å². The van der Waals surface area contributed by atoms with Crippen LogP contribution in [-0.2, 0) is 0 Å². The van der Waals surface area contributed by atoms with Crippen LogP contribution in [0.15, 0.2) is 12.2 Å². The molecule has 0 aliphatic carbocycles. The van der Waals surface area contributed by atoms with Crippen molar-refractivity contribution in [1.82, 2.24) is 0 Å². The third-order valence-electron chi connectivity index (χ3n) is 2.27. The molecule has 0 aliphatic heterocycles. The van der Waals surface area contributed by atoms with Gasteiger partial charge in [-0.15, -0.1) is 0 Å². The Hall–Kier alpha value is -0.300. The first-order valence-electron chi connectivity index (χ1n) is 4.70. The number of hydrogen-bond acceptors (Lipinski definition) is 1. The summed E-state index contributed by atoms with van der Waals surface area (Å²) in [5.41, 5.74) is 0.736. The molecule has 0 rings (SSSR count). The smallest absolute Gasteiger partial charge is 0.0591 e. The summed E-state index contributed by atoms with van der Waals surface area (Å²) in [6.07, 6.45) is 3.10. The Morgan fingerprint density at radius 3 is 2.33 bits per heavy atom. The predicted molar refractivity (Wildman–Crippen MR) is 54.1 cm³/mol. The molecule has 1 heteroatoms. The zero-order chi connectivity index (χ0) is 9.78. The summed E-state index contributed by atoms with van der Waals surface area (Å²) in [6.45, 7) is 11.9. The monoisotopic (exact) mass is 170 g/mol. The molecule has 0 aliphatic rings. The quantitative estimate of drug-likeness (QED) is 0.628. The fourth-order valence-electron chi connectivity index (χ4n) is 1.09. The minimum Gasteiger partial charge on any atom is -0.390 e. The standard InChI is InChI=1S/C11H22O/c1-9(2)10(3)7-6-8-11(4,5)12/h10,12H,1,6-8H2,2-5H3. The van der Waals surface area contributed by atoms with Crippen LogP contribution >= 0.6 is 0 Å². The highest BCUT2D eigenvalue weighted by molar-refractivity contribution is 4.93. The van der Waals surface area contributed by atoms with E-state index in [-0.39, 0.29) is 0 Å². The lowest BCUT2D eigenvalue weighted by molar-refractivity contribution is 0.0674. The van der Waals surface area contributed by atoms with Crippen LogP contribution in [0.2, 0.25) is 0 Å². The van der Waals surface area contributed by atoms with Crippen LogP contribution in [0.1, 0.15) is 47.0 Å². The minimum atomic E-state index is -0.505. The fraction of sp³-hybridized carbons (Fsp3) is 0.818. The van der Waals surface area contributed by atoms with Crippen molar-refractivity contribution in [1.29, 1.82) is 0 Å². The third-order valence-corrected chi connectivity index (χ3v) is 2.27. The van der Waals surface area contributed by atoms with Crippen molar-refractivity contribution in [3.8, 4) is 0 Å². The van der Waals surface area contributed by atoms with E-state index in [9.17, 15) is 5.11 Å².